The zero-order valence-corrected chi connectivity index (χ0v) is 9.68. The van der Waals surface area contributed by atoms with Crippen LogP contribution in [0, 0.1) is 0 Å². The van der Waals surface area contributed by atoms with Crippen LogP contribution in [0.25, 0.3) is 0 Å². The van der Waals surface area contributed by atoms with E-state index >= 15 is 0 Å². The summed E-state index contributed by atoms with van der Waals surface area (Å²) in [6.45, 7) is 3.98. The van der Waals surface area contributed by atoms with Crippen molar-refractivity contribution < 1.29 is 4.79 Å². The van der Waals surface area contributed by atoms with Gasteiger partial charge < -0.3 is 0 Å². The van der Waals surface area contributed by atoms with Crippen molar-refractivity contribution in [3.05, 3.63) is 0 Å². The van der Waals surface area contributed by atoms with Crippen LogP contribution in [0.3, 0.4) is 0 Å². The molecule has 0 aromatic heterocycles. The highest BCUT2D eigenvalue weighted by Gasteiger charge is 2.32. The van der Waals surface area contributed by atoms with Crippen molar-refractivity contribution >= 4 is 17.5 Å². The molecule has 80 valence electrons. The van der Waals surface area contributed by atoms with Crippen LogP contribution in [0.5, 0.6) is 0 Å². The van der Waals surface area contributed by atoms with E-state index in [1.807, 2.05) is 0 Å². The average molecular weight is 213 g/mol. The van der Waals surface area contributed by atoms with E-state index in [0.717, 1.165) is 24.8 Å². The maximum absolute atomic E-state index is 11.2. The lowest BCUT2D eigenvalue weighted by molar-refractivity contribution is -0.117. The number of likely N-dealkylation sites (tertiary alicyclic amines) is 1. The third-order valence-corrected chi connectivity index (χ3v) is 4.57. The molecule has 1 heterocycles. The minimum absolute atomic E-state index is 0.441. The fraction of sp³-hybridized carbons (Fsp3) is 0.909. The molecule has 1 saturated heterocycles. The van der Waals surface area contributed by atoms with Gasteiger partial charge in [0.1, 0.15) is 5.78 Å². The number of rotatable bonds is 3. The molecule has 0 radical (unpaired) electrons. The summed E-state index contributed by atoms with van der Waals surface area (Å²) < 4.78 is 0. The van der Waals surface area contributed by atoms with E-state index in [-0.39, 0.29) is 0 Å². The zero-order valence-electron chi connectivity index (χ0n) is 8.87. The molecule has 0 N–H and O–H groups in total. The summed E-state index contributed by atoms with van der Waals surface area (Å²) in [4.78, 5) is 13.6. The molecule has 2 nitrogen and oxygen atoms in total. The number of ketones is 1. The van der Waals surface area contributed by atoms with E-state index in [4.69, 9.17) is 0 Å². The third-order valence-electron chi connectivity index (χ3n) is 3.33. The second kappa shape index (κ2) is 4.67. The van der Waals surface area contributed by atoms with Gasteiger partial charge in [0.15, 0.2) is 0 Å². The average Bonchev–Trinajstić information content (AvgIpc) is 2.74. The topological polar surface area (TPSA) is 20.3 Å². The number of hydrogen-bond donors (Lipinski definition) is 0. The Labute approximate surface area is 90.4 Å². The van der Waals surface area contributed by atoms with Crippen LogP contribution < -0.4 is 0 Å². The highest BCUT2D eigenvalue weighted by molar-refractivity contribution is 7.99. The van der Waals surface area contributed by atoms with Crippen molar-refractivity contribution in [1.82, 2.24) is 4.90 Å². The van der Waals surface area contributed by atoms with Crippen LogP contribution in [0.15, 0.2) is 0 Å². The van der Waals surface area contributed by atoms with Crippen LogP contribution in [0.1, 0.15) is 32.6 Å². The Kier molecular flexibility index (Phi) is 3.50. The normalized spacial score (nSPS) is 34.2. The Balaban J connectivity index is 1.80. The van der Waals surface area contributed by atoms with E-state index in [0.29, 0.717) is 11.8 Å². The van der Waals surface area contributed by atoms with Gasteiger partial charge in [-0.15, -0.1) is 0 Å². The second-order valence-electron chi connectivity index (χ2n) is 4.30. The van der Waals surface area contributed by atoms with E-state index in [2.05, 4.69) is 23.6 Å². The van der Waals surface area contributed by atoms with Gasteiger partial charge in [-0.1, -0.05) is 6.92 Å². The van der Waals surface area contributed by atoms with Crippen LogP contribution in [0.2, 0.25) is 0 Å². The van der Waals surface area contributed by atoms with Crippen molar-refractivity contribution in [3.63, 3.8) is 0 Å². The minimum atomic E-state index is 0.441. The number of carbonyl (C=O) groups excluding carboxylic acids is 1. The summed E-state index contributed by atoms with van der Waals surface area (Å²) >= 11 is 2.09. The lowest BCUT2D eigenvalue weighted by atomic mass is 10.2. The predicted octanol–water partition coefficient (Wildman–Crippen LogP) is 1.94. The number of hydrogen-bond acceptors (Lipinski definition) is 3. The Morgan fingerprint density at radius 1 is 1.50 bits per heavy atom. The van der Waals surface area contributed by atoms with Crippen molar-refractivity contribution in [2.24, 2.45) is 0 Å². The van der Waals surface area contributed by atoms with Crippen molar-refractivity contribution in [2.75, 3.05) is 18.8 Å². The third kappa shape index (κ3) is 2.31. The van der Waals surface area contributed by atoms with Gasteiger partial charge in [-0.3, -0.25) is 9.69 Å². The molecule has 14 heavy (non-hydrogen) atoms. The van der Waals surface area contributed by atoms with E-state index < -0.39 is 0 Å². The number of thioether (sulfide) groups is 1. The first-order chi connectivity index (χ1) is 6.79. The van der Waals surface area contributed by atoms with Crippen LogP contribution >= 0.6 is 11.8 Å². The van der Waals surface area contributed by atoms with E-state index in [1.165, 1.54) is 25.0 Å². The molecule has 3 heteroatoms. The number of nitrogens with zero attached hydrogens (tertiary/aromatic N) is 1. The quantitative estimate of drug-likeness (QED) is 0.714. The summed E-state index contributed by atoms with van der Waals surface area (Å²) in [5.74, 6) is 1.67. The molecule has 0 amide bonds. The lowest BCUT2D eigenvalue weighted by Crippen LogP contribution is -2.31. The van der Waals surface area contributed by atoms with Crippen LogP contribution in [-0.4, -0.2) is 40.8 Å². The molecule has 2 unspecified atom stereocenters. The molecule has 1 aliphatic heterocycles. The molecule has 2 aliphatic rings. The highest BCUT2D eigenvalue weighted by atomic mass is 32.2. The first-order valence-electron chi connectivity index (χ1n) is 5.67. The molecule has 0 aromatic rings. The smallest absolute Gasteiger partial charge is 0.148 e. The van der Waals surface area contributed by atoms with Gasteiger partial charge in [0.05, 0.1) is 6.54 Å². The van der Waals surface area contributed by atoms with Gasteiger partial charge >= 0.3 is 0 Å². The van der Waals surface area contributed by atoms with Crippen molar-refractivity contribution in [1.29, 1.82) is 0 Å². The van der Waals surface area contributed by atoms with Gasteiger partial charge in [-0.2, -0.15) is 11.8 Å². The molecule has 0 spiro atoms. The minimum Gasteiger partial charge on any atom is -0.298 e. The number of Topliss-reactive ketones (excluding diaryl/α,β-unsaturated/α-hetero) is 1. The molecular weight excluding hydrogens is 194 g/mol. The molecule has 1 aliphatic carbocycles. The van der Waals surface area contributed by atoms with Crippen LogP contribution in [0.4, 0.5) is 0 Å². The highest BCUT2D eigenvalue weighted by Crippen LogP contribution is 2.33. The second-order valence-corrected chi connectivity index (χ2v) is 5.88. The summed E-state index contributed by atoms with van der Waals surface area (Å²) in [7, 11) is 0. The Morgan fingerprint density at radius 2 is 2.36 bits per heavy atom. The standard InChI is InChI=1S/C11H19NOS/c1-2-14-11-4-3-9(7-11)12-6-5-10(13)8-12/h9,11H,2-8H2,1H3. The molecule has 0 bridgehead atoms. The van der Waals surface area contributed by atoms with Gasteiger partial charge in [-0.05, 0) is 25.0 Å². The molecule has 0 aromatic carbocycles. The molecular formula is C11H19NOS. The lowest BCUT2D eigenvalue weighted by Gasteiger charge is -2.22. The first-order valence-corrected chi connectivity index (χ1v) is 6.72. The fourth-order valence-electron chi connectivity index (χ4n) is 2.60. The maximum atomic E-state index is 11.2. The van der Waals surface area contributed by atoms with Crippen molar-refractivity contribution in [3.8, 4) is 0 Å². The SMILES string of the molecule is CCSC1CCC(N2CCC(=O)C2)C1. The van der Waals surface area contributed by atoms with Gasteiger partial charge in [0.25, 0.3) is 0 Å². The van der Waals surface area contributed by atoms with Crippen LogP contribution in [-0.2, 0) is 4.79 Å². The first kappa shape index (κ1) is 10.5. The summed E-state index contributed by atoms with van der Waals surface area (Å²) in [6.07, 6.45) is 4.77. The Hall–Kier alpha value is -0.0200. The molecule has 2 atom stereocenters. The van der Waals surface area contributed by atoms with Crippen molar-refractivity contribution in [2.45, 2.75) is 43.9 Å². The maximum Gasteiger partial charge on any atom is 0.148 e. The summed E-state index contributed by atoms with van der Waals surface area (Å²) in [5, 5.41) is 0.862. The molecule has 2 rings (SSSR count). The summed E-state index contributed by atoms with van der Waals surface area (Å²) in [6, 6.07) is 0.713. The van der Waals surface area contributed by atoms with Gasteiger partial charge in [-0.25, -0.2) is 0 Å². The Bertz CT molecular complexity index is 219. The Morgan fingerprint density at radius 3 is 3.00 bits per heavy atom. The van der Waals surface area contributed by atoms with E-state index in [1.54, 1.807) is 0 Å². The number of carbonyl (C=O) groups is 1. The van der Waals surface area contributed by atoms with Gasteiger partial charge in [0, 0.05) is 24.3 Å². The monoisotopic (exact) mass is 213 g/mol. The molecule has 1 saturated carbocycles. The molecule has 2 fully saturated rings. The largest absolute Gasteiger partial charge is 0.298 e. The van der Waals surface area contributed by atoms with Gasteiger partial charge in [0.2, 0.25) is 0 Å². The fourth-order valence-corrected chi connectivity index (χ4v) is 3.73. The zero-order chi connectivity index (χ0) is 9.97. The summed E-state index contributed by atoms with van der Waals surface area (Å²) in [5.41, 5.74) is 0. The predicted molar refractivity (Wildman–Crippen MR) is 60.8 cm³/mol. The van der Waals surface area contributed by atoms with E-state index in [9.17, 15) is 4.79 Å².